The average Bonchev–Trinajstić information content (AvgIpc) is 2.18. The number of hydrogen-bond donors (Lipinski definition) is 1. The Hall–Kier alpha value is -1.42. The van der Waals surface area contributed by atoms with E-state index in [1.54, 1.807) is 19.2 Å². The highest BCUT2D eigenvalue weighted by molar-refractivity contribution is 5.75. The van der Waals surface area contributed by atoms with Gasteiger partial charge in [0.05, 0.1) is 6.61 Å². The number of amides is 1. The Balaban J connectivity index is 2.58. The molecule has 15 heavy (non-hydrogen) atoms. The molecule has 82 valence electrons. The molecular weight excluding hydrogens is 197 g/mol. The molecule has 3 nitrogen and oxygen atoms in total. The molecular formula is C11H14FNO2. The number of aliphatic hydroxyl groups excluding tert-OH is 1. The Morgan fingerprint density at radius 2 is 2.27 bits per heavy atom. The van der Waals surface area contributed by atoms with Crippen molar-refractivity contribution in [2.45, 2.75) is 13.0 Å². The van der Waals surface area contributed by atoms with Crippen LogP contribution in [0.2, 0.25) is 0 Å². The number of benzene rings is 1. The monoisotopic (exact) mass is 211 g/mol. The van der Waals surface area contributed by atoms with Crippen molar-refractivity contribution in [3.05, 3.63) is 35.6 Å². The molecule has 1 N–H and O–H groups in total. The van der Waals surface area contributed by atoms with Crippen molar-refractivity contribution < 1.29 is 14.3 Å². The average molecular weight is 211 g/mol. The summed E-state index contributed by atoms with van der Waals surface area (Å²) in [5, 5.41) is 8.59. The van der Waals surface area contributed by atoms with E-state index >= 15 is 0 Å². The van der Waals surface area contributed by atoms with E-state index in [-0.39, 0.29) is 24.8 Å². The number of carbonyl (C=O) groups is 1. The van der Waals surface area contributed by atoms with Crippen LogP contribution in [0.4, 0.5) is 4.39 Å². The molecule has 0 aliphatic carbocycles. The zero-order valence-electron chi connectivity index (χ0n) is 8.61. The van der Waals surface area contributed by atoms with E-state index in [1.165, 1.54) is 17.0 Å². The molecule has 0 aromatic heterocycles. The normalized spacial score (nSPS) is 10.1. The maximum Gasteiger partial charge on any atom is 0.224 e. The number of halogens is 1. The fourth-order valence-electron chi connectivity index (χ4n) is 1.28. The van der Waals surface area contributed by atoms with Gasteiger partial charge in [0.15, 0.2) is 0 Å². The van der Waals surface area contributed by atoms with Crippen molar-refractivity contribution in [2.24, 2.45) is 0 Å². The number of carbonyl (C=O) groups excluding carboxylic acids is 1. The minimum atomic E-state index is -0.310. The highest BCUT2D eigenvalue weighted by atomic mass is 19.1. The Morgan fingerprint density at radius 3 is 2.87 bits per heavy atom. The molecule has 1 aromatic rings. The summed E-state index contributed by atoms with van der Waals surface area (Å²) in [4.78, 5) is 12.8. The fourth-order valence-corrected chi connectivity index (χ4v) is 1.28. The van der Waals surface area contributed by atoms with Gasteiger partial charge in [-0.15, -0.1) is 0 Å². The van der Waals surface area contributed by atoms with Crippen LogP contribution in [0, 0.1) is 5.82 Å². The van der Waals surface area contributed by atoms with Gasteiger partial charge in [0.2, 0.25) is 5.91 Å². The zero-order valence-corrected chi connectivity index (χ0v) is 8.61. The highest BCUT2D eigenvalue weighted by Crippen LogP contribution is 2.06. The first kappa shape index (κ1) is 11.7. The van der Waals surface area contributed by atoms with E-state index in [1.807, 2.05) is 0 Å². The van der Waals surface area contributed by atoms with E-state index in [0.29, 0.717) is 6.54 Å². The first-order valence-electron chi connectivity index (χ1n) is 4.72. The second-order valence-corrected chi connectivity index (χ2v) is 3.35. The minimum Gasteiger partial charge on any atom is -0.396 e. The molecule has 0 fully saturated rings. The van der Waals surface area contributed by atoms with Crippen LogP contribution in [-0.2, 0) is 11.3 Å². The number of nitrogens with zero attached hydrogens (tertiary/aromatic N) is 1. The van der Waals surface area contributed by atoms with Crippen LogP contribution in [0.1, 0.15) is 12.0 Å². The Labute approximate surface area is 88.1 Å². The summed E-state index contributed by atoms with van der Waals surface area (Å²) in [6, 6.07) is 6.11. The van der Waals surface area contributed by atoms with Crippen molar-refractivity contribution in [2.75, 3.05) is 13.7 Å². The van der Waals surface area contributed by atoms with Crippen molar-refractivity contribution in [3.63, 3.8) is 0 Å². The Bertz CT molecular complexity index is 341. The molecule has 0 bridgehead atoms. The van der Waals surface area contributed by atoms with E-state index in [0.717, 1.165) is 5.56 Å². The van der Waals surface area contributed by atoms with Crippen LogP contribution in [0.25, 0.3) is 0 Å². The number of rotatable bonds is 4. The van der Waals surface area contributed by atoms with Gasteiger partial charge in [-0.1, -0.05) is 12.1 Å². The minimum absolute atomic E-state index is 0.103. The molecule has 4 heteroatoms. The van der Waals surface area contributed by atoms with Crippen molar-refractivity contribution in [1.82, 2.24) is 4.90 Å². The summed E-state index contributed by atoms with van der Waals surface area (Å²) in [5.41, 5.74) is 0.740. The molecule has 0 saturated heterocycles. The molecule has 0 spiro atoms. The molecule has 0 unspecified atom stereocenters. The molecule has 1 aromatic carbocycles. The van der Waals surface area contributed by atoms with Crippen molar-refractivity contribution in [1.29, 1.82) is 0 Å². The molecule has 0 heterocycles. The Morgan fingerprint density at radius 1 is 1.53 bits per heavy atom. The third-order valence-electron chi connectivity index (χ3n) is 2.06. The van der Waals surface area contributed by atoms with Gasteiger partial charge < -0.3 is 10.0 Å². The lowest BCUT2D eigenvalue weighted by Crippen LogP contribution is -2.26. The van der Waals surface area contributed by atoms with Crippen molar-refractivity contribution >= 4 is 5.91 Å². The molecule has 1 amide bonds. The van der Waals surface area contributed by atoms with E-state index in [9.17, 15) is 9.18 Å². The zero-order chi connectivity index (χ0) is 11.3. The van der Waals surface area contributed by atoms with Gasteiger partial charge >= 0.3 is 0 Å². The third kappa shape index (κ3) is 3.67. The summed E-state index contributed by atoms with van der Waals surface area (Å²) in [6.07, 6.45) is 0.103. The standard InChI is InChI=1S/C11H14FNO2/c1-13(11(15)5-6-14)8-9-3-2-4-10(12)7-9/h2-4,7,14H,5-6,8H2,1H3. The molecule has 0 aliphatic rings. The lowest BCUT2D eigenvalue weighted by atomic mass is 10.2. The Kier molecular flexibility index (Phi) is 4.24. The SMILES string of the molecule is CN(Cc1cccc(F)c1)C(=O)CCO. The molecule has 0 aliphatic heterocycles. The van der Waals surface area contributed by atoms with E-state index in [2.05, 4.69) is 0 Å². The van der Waals surface area contributed by atoms with Crippen LogP contribution in [0.15, 0.2) is 24.3 Å². The predicted octanol–water partition coefficient (Wildman–Crippen LogP) is 1.17. The second kappa shape index (κ2) is 5.46. The van der Waals surface area contributed by atoms with Gasteiger partial charge in [0.25, 0.3) is 0 Å². The summed E-state index contributed by atoms with van der Waals surface area (Å²) >= 11 is 0. The third-order valence-corrected chi connectivity index (χ3v) is 2.06. The van der Waals surface area contributed by atoms with E-state index in [4.69, 9.17) is 5.11 Å². The molecule has 0 saturated carbocycles. The summed E-state index contributed by atoms with van der Waals surface area (Å²) in [7, 11) is 1.63. The van der Waals surface area contributed by atoms with Crippen LogP contribution < -0.4 is 0 Å². The van der Waals surface area contributed by atoms with Gasteiger partial charge in [-0.05, 0) is 17.7 Å². The van der Waals surface area contributed by atoms with Gasteiger partial charge in [0.1, 0.15) is 5.82 Å². The maximum atomic E-state index is 12.8. The quantitative estimate of drug-likeness (QED) is 0.812. The topological polar surface area (TPSA) is 40.5 Å². The van der Waals surface area contributed by atoms with Crippen LogP contribution in [-0.4, -0.2) is 29.6 Å². The first-order chi connectivity index (χ1) is 7.13. The summed E-state index contributed by atoms with van der Waals surface area (Å²) in [6.45, 7) is 0.197. The first-order valence-corrected chi connectivity index (χ1v) is 4.72. The lowest BCUT2D eigenvalue weighted by molar-refractivity contribution is -0.131. The number of hydrogen-bond acceptors (Lipinski definition) is 2. The van der Waals surface area contributed by atoms with Crippen molar-refractivity contribution in [3.8, 4) is 0 Å². The van der Waals surface area contributed by atoms with Gasteiger partial charge in [0, 0.05) is 20.0 Å². The fraction of sp³-hybridized carbons (Fsp3) is 0.364. The smallest absolute Gasteiger partial charge is 0.224 e. The maximum absolute atomic E-state index is 12.8. The molecule has 1 rings (SSSR count). The predicted molar refractivity (Wildman–Crippen MR) is 54.6 cm³/mol. The van der Waals surface area contributed by atoms with Gasteiger partial charge in [-0.2, -0.15) is 0 Å². The van der Waals surface area contributed by atoms with Gasteiger partial charge in [-0.3, -0.25) is 4.79 Å². The van der Waals surface area contributed by atoms with Gasteiger partial charge in [-0.25, -0.2) is 4.39 Å². The lowest BCUT2D eigenvalue weighted by Gasteiger charge is -2.16. The van der Waals surface area contributed by atoms with E-state index < -0.39 is 0 Å². The van der Waals surface area contributed by atoms with Crippen LogP contribution in [0.5, 0.6) is 0 Å². The highest BCUT2D eigenvalue weighted by Gasteiger charge is 2.08. The van der Waals surface area contributed by atoms with Crippen LogP contribution in [0.3, 0.4) is 0 Å². The van der Waals surface area contributed by atoms with Crippen LogP contribution >= 0.6 is 0 Å². The summed E-state index contributed by atoms with van der Waals surface area (Å²) in [5.74, 6) is -0.461. The molecule has 0 radical (unpaired) electrons. The largest absolute Gasteiger partial charge is 0.396 e. The molecule has 0 atom stereocenters. The second-order valence-electron chi connectivity index (χ2n) is 3.35. The number of aliphatic hydroxyl groups is 1. The summed E-state index contributed by atoms with van der Waals surface area (Å²) < 4.78 is 12.8.